The molecule has 0 saturated heterocycles. The van der Waals surface area contributed by atoms with Crippen molar-refractivity contribution in [1.82, 2.24) is 14.7 Å². The molecule has 260 valence electrons. The fourth-order valence-electron chi connectivity index (χ4n) is 5.68. The van der Waals surface area contributed by atoms with Gasteiger partial charge in [-0.1, -0.05) is 93.4 Å². The Bertz CT molecular complexity index is 1710. The number of carbonyl (C=O) groups is 2. The van der Waals surface area contributed by atoms with E-state index in [-0.39, 0.29) is 41.8 Å². The molecule has 0 bridgehead atoms. The molecule has 11 heteroatoms. The zero-order chi connectivity index (χ0) is 35.4. The first kappa shape index (κ1) is 37.1. The lowest BCUT2D eigenvalue weighted by Gasteiger charge is -2.39. The summed E-state index contributed by atoms with van der Waals surface area (Å²) in [5.74, 6) is -2.22. The highest BCUT2D eigenvalue weighted by Crippen LogP contribution is 2.31. The normalized spacial score (nSPS) is 12.3. The molecule has 0 saturated carbocycles. The maximum Gasteiger partial charge on any atom is 0.261 e. The van der Waals surface area contributed by atoms with Gasteiger partial charge in [0.1, 0.15) is 11.8 Å². The van der Waals surface area contributed by atoms with E-state index in [1.54, 1.807) is 0 Å². The molecule has 0 heterocycles. The highest BCUT2D eigenvalue weighted by molar-refractivity contribution is 7.89. The second-order valence-corrected chi connectivity index (χ2v) is 14.2. The number of rotatable bonds is 17. The second kappa shape index (κ2) is 17.6. The van der Waals surface area contributed by atoms with Crippen LogP contribution in [-0.2, 0) is 14.8 Å². The molecule has 10 nitrogen and oxygen atoms in total. The van der Waals surface area contributed by atoms with E-state index in [0.717, 1.165) is 15.5 Å². The summed E-state index contributed by atoms with van der Waals surface area (Å²) in [6.07, 6.45) is 2.37. The van der Waals surface area contributed by atoms with E-state index in [1.807, 2.05) is 74.5 Å². The maximum absolute atomic E-state index is 15.2. The van der Waals surface area contributed by atoms with E-state index < -0.39 is 33.8 Å². The van der Waals surface area contributed by atoms with E-state index in [2.05, 4.69) is 5.32 Å². The van der Waals surface area contributed by atoms with E-state index in [1.165, 1.54) is 53.5 Å². The Morgan fingerprint density at radius 3 is 1.94 bits per heavy atom. The molecule has 2 amide bonds. The lowest BCUT2D eigenvalue weighted by Crippen LogP contribution is -2.59. The number of hydrogen-bond acceptors (Lipinski definition) is 7. The van der Waals surface area contributed by atoms with Crippen molar-refractivity contribution in [1.29, 1.82) is 0 Å². The number of nitrogen functional groups attached to an aromatic ring is 1. The quantitative estimate of drug-likeness (QED) is 0.0646. The van der Waals surface area contributed by atoms with Crippen LogP contribution in [0, 0.1) is 5.92 Å². The van der Waals surface area contributed by atoms with E-state index >= 15 is 4.79 Å². The van der Waals surface area contributed by atoms with Gasteiger partial charge < -0.3 is 21.3 Å². The topological polar surface area (TPSA) is 153 Å². The largest absolute Gasteiger partial charge is 0.508 e. The smallest absolute Gasteiger partial charge is 0.261 e. The van der Waals surface area contributed by atoms with Crippen molar-refractivity contribution in [3.63, 3.8) is 0 Å². The van der Waals surface area contributed by atoms with Crippen molar-refractivity contribution in [2.75, 3.05) is 25.4 Å². The maximum atomic E-state index is 15.2. The summed E-state index contributed by atoms with van der Waals surface area (Å²) in [5, 5.41) is 23.7. The fraction of sp³-hybridized carbons (Fsp3) is 0.316. The van der Waals surface area contributed by atoms with Gasteiger partial charge in [0.05, 0.1) is 4.90 Å². The number of aromatic hydroxyl groups is 1. The molecule has 1 atom stereocenters. The molecule has 5 N–H and O–H groups in total. The third-order valence-electron chi connectivity index (χ3n) is 8.09. The standard InChI is InChI=1S/C38H46N4O6S/c1-28(2)27-42(49(47,48)34-22-20-32(39)21-23-34)41(24-11-3-4-12-25-43)38(46)36(40-37(45)31-18-13-19-33(44)26-31)35(29-14-7-5-8-15-29)30-16-9-6-10-17-30/h5-10,13-23,26,28,35-36,43-44H,3-4,11-12,24-25,27,39H2,1-2H3,(H,40,45). The molecule has 0 radical (unpaired) electrons. The molecule has 0 aliphatic rings. The summed E-state index contributed by atoms with van der Waals surface area (Å²) in [4.78, 5) is 29.1. The number of phenolic OH excluding ortho intramolecular Hbond substituents is 1. The fourth-order valence-corrected chi connectivity index (χ4v) is 7.32. The van der Waals surface area contributed by atoms with Crippen molar-refractivity contribution in [2.24, 2.45) is 5.92 Å². The van der Waals surface area contributed by atoms with Gasteiger partial charge >= 0.3 is 0 Å². The summed E-state index contributed by atoms with van der Waals surface area (Å²) >= 11 is 0. The van der Waals surface area contributed by atoms with E-state index in [9.17, 15) is 23.4 Å². The molecule has 0 fully saturated rings. The first-order valence-corrected chi connectivity index (χ1v) is 18.0. The lowest BCUT2D eigenvalue weighted by molar-refractivity contribution is -0.144. The molecule has 0 spiro atoms. The van der Waals surface area contributed by atoms with Gasteiger partial charge in [-0.2, -0.15) is 0 Å². The number of aliphatic hydroxyl groups is 1. The van der Waals surface area contributed by atoms with Gasteiger partial charge in [-0.25, -0.2) is 8.42 Å². The Kier molecular flexibility index (Phi) is 13.3. The van der Waals surface area contributed by atoms with Gasteiger partial charge in [-0.15, -0.1) is 4.41 Å². The number of nitrogens with zero attached hydrogens (tertiary/aromatic N) is 2. The third kappa shape index (κ3) is 9.91. The Balaban J connectivity index is 1.89. The Morgan fingerprint density at radius 2 is 1.39 bits per heavy atom. The van der Waals surface area contributed by atoms with Crippen molar-refractivity contribution >= 4 is 27.5 Å². The summed E-state index contributed by atoms with van der Waals surface area (Å²) in [6, 6.07) is 29.0. The van der Waals surface area contributed by atoms with Crippen LogP contribution in [0.1, 0.15) is 66.9 Å². The number of carbonyl (C=O) groups excluding carboxylic acids is 2. The minimum Gasteiger partial charge on any atom is -0.508 e. The number of amides is 2. The first-order valence-electron chi connectivity index (χ1n) is 16.5. The van der Waals surface area contributed by atoms with Crippen molar-refractivity contribution in [2.45, 2.75) is 56.4 Å². The molecule has 0 aliphatic heterocycles. The molecular formula is C38H46N4O6S. The number of nitrogens with two attached hydrogens (primary N) is 1. The van der Waals surface area contributed by atoms with E-state index in [4.69, 9.17) is 5.73 Å². The van der Waals surface area contributed by atoms with Gasteiger partial charge in [-0.3, -0.25) is 14.6 Å². The molecular weight excluding hydrogens is 641 g/mol. The summed E-state index contributed by atoms with van der Waals surface area (Å²) in [6.45, 7) is 3.80. The second-order valence-electron chi connectivity index (χ2n) is 12.4. The predicted molar refractivity (Wildman–Crippen MR) is 191 cm³/mol. The summed E-state index contributed by atoms with van der Waals surface area (Å²) < 4.78 is 30.0. The molecule has 4 rings (SSSR count). The average molecular weight is 687 g/mol. The first-order chi connectivity index (χ1) is 23.5. The van der Waals surface area contributed by atoms with Crippen LogP contribution < -0.4 is 11.1 Å². The monoisotopic (exact) mass is 686 g/mol. The summed E-state index contributed by atoms with van der Waals surface area (Å²) in [5.41, 5.74) is 7.90. The molecule has 4 aromatic rings. The van der Waals surface area contributed by atoms with Crippen LogP contribution in [0.4, 0.5) is 5.69 Å². The number of phenols is 1. The highest BCUT2D eigenvalue weighted by atomic mass is 32.2. The third-order valence-corrected chi connectivity index (χ3v) is 9.86. The summed E-state index contributed by atoms with van der Waals surface area (Å²) in [7, 11) is -4.28. The zero-order valence-corrected chi connectivity index (χ0v) is 28.8. The van der Waals surface area contributed by atoms with Gasteiger partial charge in [-0.05, 0) is 72.4 Å². The Morgan fingerprint density at radius 1 is 0.796 bits per heavy atom. The number of nitrogens with one attached hydrogen (secondary N) is 1. The average Bonchev–Trinajstić information content (AvgIpc) is 3.09. The van der Waals surface area contributed by atoms with Crippen LogP contribution in [0.15, 0.2) is 114 Å². The molecule has 4 aromatic carbocycles. The molecule has 0 aromatic heterocycles. The molecule has 49 heavy (non-hydrogen) atoms. The Hall–Kier alpha value is -4.71. The van der Waals surface area contributed by atoms with Gasteiger partial charge in [0, 0.05) is 36.9 Å². The van der Waals surface area contributed by atoms with Crippen LogP contribution in [0.2, 0.25) is 0 Å². The number of unbranched alkanes of at least 4 members (excludes halogenated alkanes) is 3. The van der Waals surface area contributed by atoms with Crippen LogP contribution in [-0.4, -0.2) is 65.6 Å². The Labute approximate surface area is 289 Å². The minimum atomic E-state index is -4.28. The van der Waals surface area contributed by atoms with Crippen LogP contribution >= 0.6 is 0 Å². The van der Waals surface area contributed by atoms with Gasteiger partial charge in [0.25, 0.3) is 21.8 Å². The van der Waals surface area contributed by atoms with Crippen molar-refractivity contribution < 1.29 is 28.2 Å². The van der Waals surface area contributed by atoms with Crippen molar-refractivity contribution in [3.8, 4) is 5.75 Å². The predicted octanol–water partition coefficient (Wildman–Crippen LogP) is 5.55. The van der Waals surface area contributed by atoms with Gasteiger partial charge in [0.15, 0.2) is 0 Å². The van der Waals surface area contributed by atoms with Crippen LogP contribution in [0.25, 0.3) is 0 Å². The van der Waals surface area contributed by atoms with Gasteiger partial charge in [0.2, 0.25) is 0 Å². The van der Waals surface area contributed by atoms with Crippen molar-refractivity contribution in [3.05, 3.63) is 126 Å². The number of anilines is 1. The van der Waals surface area contributed by atoms with Crippen LogP contribution in [0.3, 0.4) is 0 Å². The zero-order valence-electron chi connectivity index (χ0n) is 28.0. The highest BCUT2D eigenvalue weighted by Gasteiger charge is 2.41. The SMILES string of the molecule is CC(C)CN(N(CCCCCCO)C(=O)C(NC(=O)c1cccc(O)c1)C(c1ccccc1)c1ccccc1)S(=O)(=O)c1ccc(N)cc1. The number of aliphatic hydroxyl groups excluding tert-OH is 1. The van der Waals surface area contributed by atoms with E-state index in [0.29, 0.717) is 31.4 Å². The lowest BCUT2D eigenvalue weighted by atomic mass is 9.84. The number of sulfonamides is 1. The molecule has 1 unspecified atom stereocenters. The minimum absolute atomic E-state index is 0.0103. The number of hydrogen-bond donors (Lipinski definition) is 4. The van der Waals surface area contributed by atoms with Crippen LogP contribution in [0.5, 0.6) is 5.75 Å². The number of benzene rings is 4. The molecule has 0 aliphatic carbocycles. The number of hydrazine groups is 1.